The minimum absolute atomic E-state index is 0.0866. The minimum Gasteiger partial charge on any atom is -0.321 e. The van der Waals surface area contributed by atoms with Gasteiger partial charge in [0, 0.05) is 11.8 Å². The molecular weight excluding hydrogens is 321 g/mol. The fourth-order valence-electron chi connectivity index (χ4n) is 2.32. The third kappa shape index (κ3) is 3.80. The van der Waals surface area contributed by atoms with Crippen LogP contribution in [0.2, 0.25) is 0 Å². The molecule has 3 aromatic rings. The number of nitrogens with one attached hydrogen (secondary N) is 1. The van der Waals surface area contributed by atoms with Crippen molar-refractivity contribution >= 4 is 11.6 Å². The number of rotatable bonds is 4. The van der Waals surface area contributed by atoms with Crippen molar-refractivity contribution in [3.63, 3.8) is 0 Å². The lowest BCUT2D eigenvalue weighted by molar-refractivity contribution is 0.102. The molecule has 0 aliphatic carbocycles. The van der Waals surface area contributed by atoms with Gasteiger partial charge >= 0.3 is 0 Å². The van der Waals surface area contributed by atoms with Gasteiger partial charge in [0.05, 0.1) is 5.69 Å². The molecule has 2 aromatic carbocycles. The van der Waals surface area contributed by atoms with Crippen LogP contribution in [0.1, 0.15) is 23.0 Å². The molecule has 0 atom stereocenters. The molecule has 0 radical (unpaired) electrons. The maximum absolute atomic E-state index is 13.0. The Bertz CT molecular complexity index is 948. The Morgan fingerprint density at radius 2 is 1.72 bits per heavy atom. The minimum atomic E-state index is -0.430. The molecule has 1 amide bonds. The maximum Gasteiger partial charge on any atom is 0.276 e. The summed E-state index contributed by atoms with van der Waals surface area (Å²) in [5.74, 6) is -0.846. The molecular formula is C19H16FN3O2. The molecule has 126 valence electrons. The standard InChI is InChI=1S/C19H16FN3O2/c1-2-13-3-7-15(8-4-13)21-19(25)17-11-12-18(24)23(22-17)16-9-5-14(20)6-10-16/h3-12H,2H2,1H3,(H,21,25). The third-order valence-corrected chi connectivity index (χ3v) is 3.72. The number of aryl methyl sites for hydroxylation is 1. The number of halogens is 1. The topological polar surface area (TPSA) is 64.0 Å². The second kappa shape index (κ2) is 7.09. The second-order valence-electron chi connectivity index (χ2n) is 5.45. The van der Waals surface area contributed by atoms with Crippen LogP contribution < -0.4 is 10.9 Å². The monoisotopic (exact) mass is 337 g/mol. The highest BCUT2D eigenvalue weighted by Crippen LogP contribution is 2.11. The Kier molecular flexibility index (Phi) is 4.70. The van der Waals surface area contributed by atoms with Crippen LogP contribution in [-0.4, -0.2) is 15.7 Å². The van der Waals surface area contributed by atoms with Crippen LogP contribution in [0.25, 0.3) is 5.69 Å². The molecule has 6 heteroatoms. The number of carbonyl (C=O) groups excluding carboxylic acids is 1. The summed E-state index contributed by atoms with van der Waals surface area (Å²) < 4.78 is 14.1. The number of anilines is 1. The molecule has 5 nitrogen and oxygen atoms in total. The van der Waals surface area contributed by atoms with Crippen LogP contribution >= 0.6 is 0 Å². The van der Waals surface area contributed by atoms with E-state index in [1.165, 1.54) is 42.0 Å². The number of nitrogens with zero attached hydrogens (tertiary/aromatic N) is 2. The lowest BCUT2D eigenvalue weighted by Gasteiger charge is -2.08. The van der Waals surface area contributed by atoms with Gasteiger partial charge in [-0.1, -0.05) is 19.1 Å². The SMILES string of the molecule is CCc1ccc(NC(=O)c2ccc(=O)n(-c3ccc(F)cc3)n2)cc1. The predicted octanol–water partition coefficient (Wildman–Crippen LogP) is 3.19. The first-order valence-electron chi connectivity index (χ1n) is 7.83. The zero-order valence-corrected chi connectivity index (χ0v) is 13.6. The Hall–Kier alpha value is -3.28. The number of aromatic nitrogens is 2. The molecule has 25 heavy (non-hydrogen) atoms. The van der Waals surface area contributed by atoms with Crippen molar-refractivity contribution in [3.05, 3.63) is 88.1 Å². The number of amides is 1. The van der Waals surface area contributed by atoms with Gasteiger partial charge in [-0.25, -0.2) is 4.39 Å². The summed E-state index contributed by atoms with van der Waals surface area (Å²) in [7, 11) is 0. The van der Waals surface area contributed by atoms with Crippen molar-refractivity contribution in [3.8, 4) is 5.69 Å². The zero-order chi connectivity index (χ0) is 17.8. The Morgan fingerprint density at radius 3 is 2.36 bits per heavy atom. The van der Waals surface area contributed by atoms with Crippen molar-refractivity contribution in [1.29, 1.82) is 0 Å². The van der Waals surface area contributed by atoms with E-state index < -0.39 is 17.3 Å². The van der Waals surface area contributed by atoms with E-state index in [1.807, 2.05) is 24.3 Å². The Balaban J connectivity index is 1.86. The first kappa shape index (κ1) is 16.6. The van der Waals surface area contributed by atoms with Crippen LogP contribution in [0.3, 0.4) is 0 Å². The number of benzene rings is 2. The maximum atomic E-state index is 13.0. The fraction of sp³-hybridized carbons (Fsp3) is 0.105. The fourth-order valence-corrected chi connectivity index (χ4v) is 2.32. The van der Waals surface area contributed by atoms with Gasteiger partial charge in [-0.15, -0.1) is 0 Å². The molecule has 0 saturated carbocycles. The van der Waals surface area contributed by atoms with Gasteiger partial charge in [-0.05, 0) is 54.4 Å². The number of hydrogen-bond donors (Lipinski definition) is 1. The van der Waals surface area contributed by atoms with Crippen molar-refractivity contribution in [2.24, 2.45) is 0 Å². The average molecular weight is 337 g/mol. The van der Waals surface area contributed by atoms with E-state index in [4.69, 9.17) is 0 Å². The second-order valence-corrected chi connectivity index (χ2v) is 5.45. The lowest BCUT2D eigenvalue weighted by Crippen LogP contribution is -2.24. The first-order chi connectivity index (χ1) is 12.1. The van der Waals surface area contributed by atoms with Crippen LogP contribution in [0, 0.1) is 5.82 Å². The van der Waals surface area contributed by atoms with E-state index in [2.05, 4.69) is 17.3 Å². The molecule has 0 aliphatic rings. The van der Waals surface area contributed by atoms with Crippen LogP contribution in [0.5, 0.6) is 0 Å². The van der Waals surface area contributed by atoms with Crippen molar-refractivity contribution in [2.75, 3.05) is 5.32 Å². The van der Waals surface area contributed by atoms with E-state index in [1.54, 1.807) is 0 Å². The average Bonchev–Trinajstić information content (AvgIpc) is 2.63. The normalized spacial score (nSPS) is 10.5. The first-order valence-corrected chi connectivity index (χ1v) is 7.83. The molecule has 0 fully saturated rings. The largest absolute Gasteiger partial charge is 0.321 e. The molecule has 1 heterocycles. The van der Waals surface area contributed by atoms with Crippen LogP contribution in [0.4, 0.5) is 10.1 Å². The lowest BCUT2D eigenvalue weighted by atomic mass is 10.1. The molecule has 0 aliphatic heterocycles. The van der Waals surface area contributed by atoms with Gasteiger partial charge in [0.15, 0.2) is 0 Å². The van der Waals surface area contributed by atoms with Gasteiger partial charge < -0.3 is 5.32 Å². The number of hydrogen-bond acceptors (Lipinski definition) is 3. The van der Waals surface area contributed by atoms with E-state index in [9.17, 15) is 14.0 Å². The van der Waals surface area contributed by atoms with E-state index in [0.717, 1.165) is 11.1 Å². The number of carbonyl (C=O) groups is 1. The van der Waals surface area contributed by atoms with E-state index in [0.29, 0.717) is 11.4 Å². The molecule has 0 spiro atoms. The van der Waals surface area contributed by atoms with Crippen LogP contribution in [0.15, 0.2) is 65.5 Å². The summed E-state index contributed by atoms with van der Waals surface area (Å²) in [6, 6.07) is 15.4. The highest BCUT2D eigenvalue weighted by Gasteiger charge is 2.11. The molecule has 1 aromatic heterocycles. The predicted molar refractivity (Wildman–Crippen MR) is 93.6 cm³/mol. The molecule has 0 unspecified atom stereocenters. The Labute approximate surface area is 143 Å². The summed E-state index contributed by atoms with van der Waals surface area (Å²) in [4.78, 5) is 24.4. The summed E-state index contributed by atoms with van der Waals surface area (Å²) >= 11 is 0. The summed E-state index contributed by atoms with van der Waals surface area (Å²) in [5, 5.41) is 6.81. The highest BCUT2D eigenvalue weighted by molar-refractivity contribution is 6.02. The summed E-state index contributed by atoms with van der Waals surface area (Å²) in [6.45, 7) is 2.05. The summed E-state index contributed by atoms with van der Waals surface area (Å²) in [5.41, 5.74) is 1.87. The molecule has 0 bridgehead atoms. The third-order valence-electron chi connectivity index (χ3n) is 3.72. The van der Waals surface area contributed by atoms with Gasteiger partial charge in [-0.3, -0.25) is 9.59 Å². The van der Waals surface area contributed by atoms with Crippen molar-refractivity contribution in [1.82, 2.24) is 9.78 Å². The van der Waals surface area contributed by atoms with Crippen molar-refractivity contribution in [2.45, 2.75) is 13.3 Å². The zero-order valence-electron chi connectivity index (χ0n) is 13.6. The van der Waals surface area contributed by atoms with Crippen molar-refractivity contribution < 1.29 is 9.18 Å². The van der Waals surface area contributed by atoms with Gasteiger partial charge in [0.2, 0.25) is 0 Å². The molecule has 3 rings (SSSR count). The van der Waals surface area contributed by atoms with E-state index >= 15 is 0 Å². The van der Waals surface area contributed by atoms with E-state index in [-0.39, 0.29) is 5.69 Å². The van der Waals surface area contributed by atoms with Crippen LogP contribution in [-0.2, 0) is 6.42 Å². The molecule has 0 saturated heterocycles. The van der Waals surface area contributed by atoms with Gasteiger partial charge in [0.25, 0.3) is 11.5 Å². The quantitative estimate of drug-likeness (QED) is 0.795. The van der Waals surface area contributed by atoms with Gasteiger partial charge in [0.1, 0.15) is 11.5 Å². The Morgan fingerprint density at radius 1 is 1.04 bits per heavy atom. The van der Waals surface area contributed by atoms with Gasteiger partial charge in [-0.2, -0.15) is 9.78 Å². The summed E-state index contributed by atoms with van der Waals surface area (Å²) in [6.07, 6.45) is 0.915. The highest BCUT2D eigenvalue weighted by atomic mass is 19.1. The smallest absolute Gasteiger partial charge is 0.276 e. The molecule has 1 N–H and O–H groups in total.